The molecular weight excluding hydrogens is 260 g/mol. The quantitative estimate of drug-likeness (QED) is 0.800. The summed E-state index contributed by atoms with van der Waals surface area (Å²) in [4.78, 5) is 11.4. The van der Waals surface area contributed by atoms with E-state index < -0.39 is 11.7 Å². The Hall–Kier alpha value is -0.550. The summed E-state index contributed by atoms with van der Waals surface area (Å²) in [6.07, 6.45) is 2.55. The lowest BCUT2D eigenvalue weighted by Gasteiger charge is -2.27. The third-order valence-corrected chi connectivity index (χ3v) is 2.52. The zero-order valence-corrected chi connectivity index (χ0v) is 10.9. The number of nitrogens with one attached hydrogen (secondary N) is 1. The number of amides is 1. The molecule has 0 radical (unpaired) electrons. The number of hydrogen-bond acceptors (Lipinski definition) is 3. The van der Waals surface area contributed by atoms with E-state index in [-0.39, 0.29) is 0 Å². The Labute approximate surface area is 98.8 Å². The van der Waals surface area contributed by atoms with Crippen molar-refractivity contribution in [2.75, 3.05) is 13.1 Å². The maximum atomic E-state index is 11.4. The summed E-state index contributed by atoms with van der Waals surface area (Å²) < 4.78 is 6.33. The van der Waals surface area contributed by atoms with Gasteiger partial charge in [-0.3, -0.25) is 5.43 Å². The van der Waals surface area contributed by atoms with Gasteiger partial charge in [0, 0.05) is 13.1 Å². The number of hydrazine groups is 1. The molecule has 86 valence electrons. The van der Waals surface area contributed by atoms with E-state index in [4.69, 9.17) is 4.74 Å². The van der Waals surface area contributed by atoms with Gasteiger partial charge in [0.1, 0.15) is 5.60 Å². The van der Waals surface area contributed by atoms with Crippen LogP contribution in [0.5, 0.6) is 0 Å². The molecule has 5 heteroatoms. The van der Waals surface area contributed by atoms with E-state index in [9.17, 15) is 4.79 Å². The minimum Gasteiger partial charge on any atom is -0.443 e. The lowest BCUT2D eigenvalue weighted by Crippen LogP contribution is -2.46. The smallest absolute Gasteiger partial charge is 0.422 e. The summed E-state index contributed by atoms with van der Waals surface area (Å²) in [5.74, 6) is 0. The topological polar surface area (TPSA) is 41.6 Å². The highest BCUT2D eigenvalue weighted by molar-refractivity contribution is 9.11. The molecule has 0 spiro atoms. The molecule has 1 aliphatic rings. The zero-order valence-electron chi connectivity index (χ0n) is 9.34. The number of nitrogens with zero attached hydrogens (tertiary/aromatic N) is 1. The van der Waals surface area contributed by atoms with Crippen LogP contribution in [-0.4, -0.2) is 29.8 Å². The minimum absolute atomic E-state index is 0.395. The maximum Gasteiger partial charge on any atom is 0.422 e. The molecule has 1 amide bonds. The van der Waals surface area contributed by atoms with Crippen molar-refractivity contribution in [2.24, 2.45) is 0 Å². The average Bonchev–Trinajstić information content (AvgIpc) is 2.05. The Balaban J connectivity index is 2.33. The molecule has 0 saturated carbocycles. The van der Waals surface area contributed by atoms with Gasteiger partial charge in [-0.2, -0.15) is 0 Å². The molecule has 15 heavy (non-hydrogen) atoms. The Morgan fingerprint density at radius 2 is 2.27 bits per heavy atom. The molecule has 1 N–H and O–H groups in total. The van der Waals surface area contributed by atoms with Gasteiger partial charge in [0.05, 0.1) is 0 Å². The van der Waals surface area contributed by atoms with Gasteiger partial charge >= 0.3 is 6.09 Å². The summed E-state index contributed by atoms with van der Waals surface area (Å²) in [6, 6.07) is 0. The van der Waals surface area contributed by atoms with E-state index in [0.29, 0.717) is 6.54 Å². The van der Waals surface area contributed by atoms with Gasteiger partial charge < -0.3 is 4.74 Å². The lowest BCUT2D eigenvalue weighted by atomic mass is 10.2. The van der Waals surface area contributed by atoms with Crippen molar-refractivity contribution in [2.45, 2.75) is 32.8 Å². The maximum absolute atomic E-state index is 11.4. The number of ether oxygens (including phenoxy) is 1. The Morgan fingerprint density at radius 1 is 1.60 bits per heavy atom. The van der Waals surface area contributed by atoms with Crippen LogP contribution < -0.4 is 5.43 Å². The van der Waals surface area contributed by atoms with Gasteiger partial charge in [0.2, 0.25) is 0 Å². The first kappa shape index (κ1) is 12.5. The van der Waals surface area contributed by atoms with Crippen LogP contribution in [-0.2, 0) is 4.74 Å². The fraction of sp³-hybridized carbons (Fsp3) is 0.700. The Bertz CT molecular complexity index is 271. The van der Waals surface area contributed by atoms with Gasteiger partial charge in [-0.15, -0.1) is 0 Å². The van der Waals surface area contributed by atoms with Crippen LogP contribution in [0.15, 0.2) is 10.6 Å². The van der Waals surface area contributed by atoms with Crippen LogP contribution in [0.4, 0.5) is 4.79 Å². The molecule has 1 heterocycles. The van der Waals surface area contributed by atoms with Gasteiger partial charge in [0.25, 0.3) is 0 Å². The van der Waals surface area contributed by atoms with Crippen molar-refractivity contribution in [3.05, 3.63) is 10.6 Å². The molecule has 0 aliphatic carbocycles. The molecule has 0 unspecified atom stereocenters. The van der Waals surface area contributed by atoms with Crippen molar-refractivity contribution in [1.29, 1.82) is 0 Å². The summed E-state index contributed by atoms with van der Waals surface area (Å²) in [5, 5.41) is 1.83. The molecule has 0 aromatic rings. The van der Waals surface area contributed by atoms with E-state index in [0.717, 1.165) is 13.0 Å². The second-order valence-corrected chi connectivity index (χ2v) is 5.48. The first-order chi connectivity index (χ1) is 6.87. The fourth-order valence-electron chi connectivity index (χ4n) is 1.18. The molecule has 0 saturated heterocycles. The predicted molar refractivity (Wildman–Crippen MR) is 62.6 cm³/mol. The second-order valence-electron chi connectivity index (χ2n) is 4.46. The SMILES string of the molecule is CC(C)(C)OC(=O)NN1CC=C(Br)CC1. The van der Waals surface area contributed by atoms with Gasteiger partial charge in [-0.1, -0.05) is 22.0 Å². The third-order valence-electron chi connectivity index (χ3n) is 1.80. The highest BCUT2D eigenvalue weighted by Gasteiger charge is 2.19. The van der Waals surface area contributed by atoms with Gasteiger partial charge in [-0.25, -0.2) is 9.80 Å². The molecule has 0 aromatic carbocycles. The molecule has 0 bridgehead atoms. The van der Waals surface area contributed by atoms with E-state index >= 15 is 0 Å². The van der Waals surface area contributed by atoms with E-state index in [1.54, 1.807) is 0 Å². The summed E-state index contributed by atoms with van der Waals surface area (Å²) in [5.41, 5.74) is 2.25. The normalized spacial score (nSPS) is 18.3. The van der Waals surface area contributed by atoms with Crippen molar-refractivity contribution in [3.8, 4) is 0 Å². The van der Waals surface area contributed by atoms with Crippen molar-refractivity contribution >= 4 is 22.0 Å². The van der Waals surface area contributed by atoms with E-state index in [1.165, 1.54) is 4.48 Å². The van der Waals surface area contributed by atoms with E-state index in [2.05, 4.69) is 21.4 Å². The standard InChI is InChI=1S/C10H17BrN2O2/c1-10(2,3)15-9(14)12-13-6-4-8(11)5-7-13/h4H,5-7H2,1-3H3,(H,12,14). The van der Waals surface area contributed by atoms with Crippen molar-refractivity contribution in [3.63, 3.8) is 0 Å². The molecule has 0 aromatic heterocycles. The number of carbonyl (C=O) groups excluding carboxylic acids is 1. The molecule has 1 rings (SSSR count). The highest BCUT2D eigenvalue weighted by atomic mass is 79.9. The number of rotatable bonds is 1. The molecule has 1 aliphatic heterocycles. The third kappa shape index (κ3) is 5.18. The first-order valence-corrected chi connectivity index (χ1v) is 5.75. The Morgan fingerprint density at radius 3 is 2.73 bits per heavy atom. The predicted octanol–water partition coefficient (Wildman–Crippen LogP) is 2.41. The Kier molecular flexibility index (Phi) is 4.16. The number of hydrogen-bond donors (Lipinski definition) is 1. The van der Waals surface area contributed by atoms with Crippen LogP contribution in [0.3, 0.4) is 0 Å². The summed E-state index contributed by atoms with van der Waals surface area (Å²) >= 11 is 3.42. The largest absolute Gasteiger partial charge is 0.443 e. The van der Waals surface area contributed by atoms with Crippen molar-refractivity contribution < 1.29 is 9.53 Å². The average molecular weight is 277 g/mol. The molecular formula is C10H17BrN2O2. The minimum atomic E-state index is -0.448. The lowest BCUT2D eigenvalue weighted by molar-refractivity contribution is 0.0344. The summed E-state index contributed by atoms with van der Waals surface area (Å²) in [6.45, 7) is 7.05. The molecule has 4 nitrogen and oxygen atoms in total. The first-order valence-electron chi connectivity index (χ1n) is 4.96. The monoisotopic (exact) mass is 276 g/mol. The van der Waals surface area contributed by atoms with E-state index in [1.807, 2.05) is 31.9 Å². The highest BCUT2D eigenvalue weighted by Crippen LogP contribution is 2.15. The zero-order chi connectivity index (χ0) is 11.5. The number of carbonyl (C=O) groups is 1. The fourth-order valence-corrected chi connectivity index (χ4v) is 1.50. The van der Waals surface area contributed by atoms with Crippen LogP contribution in [0.1, 0.15) is 27.2 Å². The van der Waals surface area contributed by atoms with Crippen LogP contribution in [0, 0.1) is 0 Å². The van der Waals surface area contributed by atoms with Crippen molar-refractivity contribution in [1.82, 2.24) is 10.4 Å². The molecule has 0 fully saturated rings. The van der Waals surface area contributed by atoms with Gasteiger partial charge in [-0.05, 0) is 31.7 Å². The molecule has 0 atom stereocenters. The van der Waals surface area contributed by atoms with Crippen LogP contribution in [0.2, 0.25) is 0 Å². The number of halogens is 1. The van der Waals surface area contributed by atoms with Gasteiger partial charge in [0.15, 0.2) is 0 Å². The second kappa shape index (κ2) is 4.99. The van der Waals surface area contributed by atoms with Crippen LogP contribution >= 0.6 is 15.9 Å². The summed E-state index contributed by atoms with van der Waals surface area (Å²) in [7, 11) is 0. The van der Waals surface area contributed by atoms with Crippen LogP contribution in [0.25, 0.3) is 0 Å².